The van der Waals surface area contributed by atoms with Gasteiger partial charge in [-0.15, -0.1) is 11.6 Å². The molecule has 0 aromatic carbocycles. The molecule has 1 aliphatic carbocycles. The lowest BCUT2D eigenvalue weighted by Crippen LogP contribution is -2.31. The minimum Gasteiger partial charge on any atom is -0.231 e. The van der Waals surface area contributed by atoms with Crippen molar-refractivity contribution < 1.29 is 5.11 Å². The summed E-state index contributed by atoms with van der Waals surface area (Å²) in [6.07, 6.45) is 2.05. The van der Waals surface area contributed by atoms with E-state index in [0.29, 0.717) is 5.33 Å². The number of hydrogen-bond donors (Lipinski definition) is 0. The SMILES string of the molecule is [O]C1CCCC1(Cl)CBr. The minimum absolute atomic E-state index is 0.472. The predicted octanol–water partition coefficient (Wildman–Crippen LogP) is 2.34. The fraction of sp³-hybridized carbons (Fsp3) is 1.00. The van der Waals surface area contributed by atoms with Crippen LogP contribution in [0.4, 0.5) is 0 Å². The Hall–Kier alpha value is 0.730. The van der Waals surface area contributed by atoms with Crippen molar-refractivity contribution in [2.24, 2.45) is 0 Å². The highest BCUT2D eigenvalue weighted by atomic mass is 79.9. The third kappa shape index (κ3) is 1.41. The van der Waals surface area contributed by atoms with Crippen molar-refractivity contribution in [1.29, 1.82) is 0 Å². The molecule has 9 heavy (non-hydrogen) atoms. The highest BCUT2D eigenvalue weighted by molar-refractivity contribution is 9.09. The van der Waals surface area contributed by atoms with Gasteiger partial charge in [-0.25, -0.2) is 5.11 Å². The average Bonchev–Trinajstić information content (AvgIpc) is 2.15. The van der Waals surface area contributed by atoms with Crippen LogP contribution in [0.3, 0.4) is 0 Å². The van der Waals surface area contributed by atoms with Gasteiger partial charge >= 0.3 is 0 Å². The monoisotopic (exact) mass is 211 g/mol. The van der Waals surface area contributed by atoms with Crippen LogP contribution < -0.4 is 0 Å². The standard InChI is InChI=1S/C6H9BrClO/c7-4-6(8)3-1-2-5(6)9/h5H,1-4H2. The van der Waals surface area contributed by atoms with E-state index >= 15 is 0 Å². The smallest absolute Gasteiger partial charge is 0.113 e. The van der Waals surface area contributed by atoms with E-state index in [-0.39, 0.29) is 0 Å². The van der Waals surface area contributed by atoms with Crippen molar-refractivity contribution in [3.05, 3.63) is 0 Å². The molecule has 2 unspecified atom stereocenters. The highest BCUT2D eigenvalue weighted by Crippen LogP contribution is 2.37. The summed E-state index contributed by atoms with van der Waals surface area (Å²) in [7, 11) is 0. The Morgan fingerprint density at radius 3 is 2.67 bits per heavy atom. The van der Waals surface area contributed by atoms with Crippen LogP contribution in [0, 0.1) is 0 Å². The van der Waals surface area contributed by atoms with Crippen LogP contribution >= 0.6 is 27.5 Å². The summed E-state index contributed by atoms with van der Waals surface area (Å²) >= 11 is 9.19. The molecule has 1 fully saturated rings. The van der Waals surface area contributed by atoms with Crippen LogP contribution in [-0.4, -0.2) is 16.3 Å². The summed E-state index contributed by atoms with van der Waals surface area (Å²) in [5.74, 6) is 0. The Balaban J connectivity index is 2.56. The van der Waals surface area contributed by atoms with Crippen LogP contribution in [0.2, 0.25) is 0 Å². The molecule has 53 valence electrons. The fourth-order valence-electron chi connectivity index (χ4n) is 1.15. The van der Waals surface area contributed by atoms with Gasteiger partial charge in [0.15, 0.2) is 0 Å². The lowest BCUT2D eigenvalue weighted by atomic mass is 10.1. The lowest BCUT2D eigenvalue weighted by Gasteiger charge is -2.19. The largest absolute Gasteiger partial charge is 0.231 e. The zero-order valence-corrected chi connectivity index (χ0v) is 7.41. The zero-order valence-electron chi connectivity index (χ0n) is 5.07. The number of halogens is 2. The summed E-state index contributed by atoms with van der Waals surface area (Å²) < 4.78 is 0. The van der Waals surface area contributed by atoms with E-state index in [1.165, 1.54) is 0 Å². The Bertz CT molecular complexity index is 109. The molecule has 0 spiro atoms. The minimum atomic E-state index is -0.557. The summed E-state index contributed by atoms with van der Waals surface area (Å²) in [6, 6.07) is 0. The zero-order chi connectivity index (χ0) is 6.91. The first kappa shape index (κ1) is 7.83. The van der Waals surface area contributed by atoms with Crippen LogP contribution in [0.15, 0.2) is 0 Å². The van der Waals surface area contributed by atoms with Gasteiger partial charge in [-0.2, -0.15) is 0 Å². The number of alkyl halides is 2. The molecule has 1 rings (SSSR count). The van der Waals surface area contributed by atoms with Crippen molar-refractivity contribution in [2.45, 2.75) is 30.2 Å². The average molecular weight is 212 g/mol. The molecule has 0 aromatic rings. The molecule has 0 bridgehead atoms. The van der Waals surface area contributed by atoms with Gasteiger partial charge in [0.1, 0.15) is 6.10 Å². The first-order valence-electron chi connectivity index (χ1n) is 3.10. The third-order valence-electron chi connectivity index (χ3n) is 1.86. The molecule has 1 radical (unpaired) electrons. The van der Waals surface area contributed by atoms with Crippen molar-refractivity contribution in [3.63, 3.8) is 0 Å². The maximum Gasteiger partial charge on any atom is 0.113 e. The Morgan fingerprint density at radius 2 is 2.44 bits per heavy atom. The third-order valence-corrected chi connectivity index (χ3v) is 3.75. The van der Waals surface area contributed by atoms with Crippen LogP contribution in [0.25, 0.3) is 0 Å². The van der Waals surface area contributed by atoms with Crippen LogP contribution in [-0.2, 0) is 5.11 Å². The molecule has 0 heterocycles. The van der Waals surface area contributed by atoms with E-state index in [0.717, 1.165) is 19.3 Å². The first-order valence-corrected chi connectivity index (χ1v) is 4.60. The van der Waals surface area contributed by atoms with Gasteiger partial charge in [-0.3, -0.25) is 0 Å². The van der Waals surface area contributed by atoms with E-state index in [2.05, 4.69) is 15.9 Å². The topological polar surface area (TPSA) is 19.9 Å². The van der Waals surface area contributed by atoms with Gasteiger partial charge < -0.3 is 0 Å². The molecular weight excluding hydrogens is 203 g/mol. The molecule has 0 saturated heterocycles. The molecule has 1 aliphatic rings. The lowest BCUT2D eigenvalue weighted by molar-refractivity contribution is 0.0746. The van der Waals surface area contributed by atoms with Gasteiger partial charge in [0, 0.05) is 5.33 Å². The van der Waals surface area contributed by atoms with Gasteiger partial charge in [0.05, 0.1) is 4.87 Å². The van der Waals surface area contributed by atoms with Gasteiger partial charge in [-0.1, -0.05) is 15.9 Å². The maximum absolute atomic E-state index is 11.0. The molecule has 0 aromatic heterocycles. The van der Waals surface area contributed by atoms with E-state index in [1.54, 1.807) is 0 Å². The normalized spacial score (nSPS) is 43.7. The van der Waals surface area contributed by atoms with Gasteiger partial charge in [-0.05, 0) is 19.3 Å². The molecule has 3 heteroatoms. The predicted molar refractivity (Wildman–Crippen MR) is 40.7 cm³/mol. The van der Waals surface area contributed by atoms with E-state index in [9.17, 15) is 5.11 Å². The maximum atomic E-state index is 11.0. The van der Waals surface area contributed by atoms with Crippen molar-refractivity contribution in [3.8, 4) is 0 Å². The highest BCUT2D eigenvalue weighted by Gasteiger charge is 2.40. The van der Waals surface area contributed by atoms with Crippen molar-refractivity contribution >= 4 is 27.5 Å². The second-order valence-corrected chi connectivity index (χ2v) is 3.86. The fourth-order valence-corrected chi connectivity index (χ4v) is 2.04. The molecule has 1 nitrogen and oxygen atoms in total. The molecule has 1 saturated carbocycles. The van der Waals surface area contributed by atoms with Gasteiger partial charge in [0.25, 0.3) is 0 Å². The molecular formula is C6H9BrClO. The number of hydrogen-bond acceptors (Lipinski definition) is 0. The molecule has 2 atom stereocenters. The van der Waals surface area contributed by atoms with Gasteiger partial charge in [0.2, 0.25) is 0 Å². The second kappa shape index (κ2) is 2.77. The Kier molecular flexibility index (Phi) is 2.41. The summed E-state index contributed by atoms with van der Waals surface area (Å²) in [5, 5.41) is 11.7. The number of rotatable bonds is 1. The van der Waals surface area contributed by atoms with E-state index in [1.807, 2.05) is 0 Å². The van der Waals surface area contributed by atoms with E-state index < -0.39 is 11.0 Å². The summed E-state index contributed by atoms with van der Waals surface area (Å²) in [6.45, 7) is 0. The molecule has 0 N–H and O–H groups in total. The van der Waals surface area contributed by atoms with Crippen LogP contribution in [0.5, 0.6) is 0 Å². The summed E-state index contributed by atoms with van der Waals surface area (Å²) in [4.78, 5) is -0.472. The molecule has 0 amide bonds. The summed E-state index contributed by atoms with van der Waals surface area (Å²) in [5.41, 5.74) is 0. The van der Waals surface area contributed by atoms with E-state index in [4.69, 9.17) is 11.6 Å². The Labute approximate surface area is 68.5 Å². The van der Waals surface area contributed by atoms with Crippen molar-refractivity contribution in [2.75, 3.05) is 5.33 Å². The van der Waals surface area contributed by atoms with Crippen molar-refractivity contribution in [1.82, 2.24) is 0 Å². The second-order valence-electron chi connectivity index (χ2n) is 2.55. The van der Waals surface area contributed by atoms with Crippen LogP contribution in [0.1, 0.15) is 19.3 Å². The molecule has 0 aliphatic heterocycles. The Morgan fingerprint density at radius 1 is 1.78 bits per heavy atom. The quantitative estimate of drug-likeness (QED) is 0.595. The first-order chi connectivity index (χ1) is 4.19.